The Morgan fingerprint density at radius 3 is 2.58 bits per heavy atom. The minimum Gasteiger partial charge on any atom is -0.489 e. The van der Waals surface area contributed by atoms with Gasteiger partial charge in [0.15, 0.2) is 0 Å². The van der Waals surface area contributed by atoms with Crippen molar-refractivity contribution in [2.24, 2.45) is 5.41 Å². The molecule has 2 nitrogen and oxygen atoms in total. The lowest BCUT2D eigenvalue weighted by Crippen LogP contribution is -2.57. The fourth-order valence-corrected chi connectivity index (χ4v) is 3.76. The van der Waals surface area contributed by atoms with Crippen LogP contribution in [-0.4, -0.2) is 11.9 Å². The summed E-state index contributed by atoms with van der Waals surface area (Å²) in [6.07, 6.45) is 5.63. The van der Waals surface area contributed by atoms with E-state index in [4.69, 9.17) is 4.74 Å². The molecule has 0 amide bonds. The van der Waals surface area contributed by atoms with E-state index in [2.05, 4.69) is 15.9 Å². The fraction of sp³-hybridized carbons (Fsp3) is 0.533. The number of benzene rings is 1. The van der Waals surface area contributed by atoms with Gasteiger partial charge in [-0.1, -0.05) is 35.2 Å². The Bertz CT molecular complexity index is 489. The minimum absolute atomic E-state index is 0.0750. The summed E-state index contributed by atoms with van der Waals surface area (Å²) in [5.41, 5.74) is -0.281. The smallest absolute Gasteiger partial charge is 0.146 e. The van der Waals surface area contributed by atoms with Gasteiger partial charge >= 0.3 is 0 Å². The molecule has 0 radical (unpaired) electrons. The largest absolute Gasteiger partial charge is 0.489 e. The highest BCUT2D eigenvalue weighted by Crippen LogP contribution is 2.50. The van der Waals surface area contributed by atoms with Crippen molar-refractivity contribution in [1.29, 1.82) is 0 Å². The standard InChI is InChI=1S/C15H16BrFO2/c16-10-6-11(17)8-12(7-10)19-14-9-13(18)15(14)4-2-1-3-5-15/h6-8,14H,1-5,9H2. The van der Waals surface area contributed by atoms with Crippen molar-refractivity contribution >= 4 is 21.7 Å². The number of hydrogen-bond acceptors (Lipinski definition) is 2. The van der Waals surface area contributed by atoms with Crippen LogP contribution in [0.3, 0.4) is 0 Å². The van der Waals surface area contributed by atoms with E-state index in [0.717, 1.165) is 25.7 Å². The van der Waals surface area contributed by atoms with Gasteiger partial charge in [0, 0.05) is 17.0 Å². The van der Waals surface area contributed by atoms with E-state index in [1.54, 1.807) is 6.07 Å². The Morgan fingerprint density at radius 1 is 1.21 bits per heavy atom. The molecular formula is C15H16BrFO2. The first-order chi connectivity index (χ1) is 9.10. The third-order valence-electron chi connectivity index (χ3n) is 4.40. The molecule has 1 aromatic rings. The third-order valence-corrected chi connectivity index (χ3v) is 4.86. The first-order valence-corrected chi connectivity index (χ1v) is 7.55. The predicted molar refractivity (Wildman–Crippen MR) is 73.7 cm³/mol. The molecule has 0 aliphatic heterocycles. The summed E-state index contributed by atoms with van der Waals surface area (Å²) in [5.74, 6) is 0.509. The van der Waals surface area contributed by atoms with Gasteiger partial charge in [-0.25, -0.2) is 4.39 Å². The van der Waals surface area contributed by atoms with Crippen molar-refractivity contribution in [1.82, 2.24) is 0 Å². The second-order valence-electron chi connectivity index (χ2n) is 5.56. The van der Waals surface area contributed by atoms with E-state index in [1.165, 1.54) is 18.6 Å². The van der Waals surface area contributed by atoms with Gasteiger partial charge in [-0.05, 0) is 25.0 Å². The second-order valence-corrected chi connectivity index (χ2v) is 6.47. The molecule has 0 heterocycles. The van der Waals surface area contributed by atoms with Crippen molar-refractivity contribution in [3.63, 3.8) is 0 Å². The van der Waals surface area contributed by atoms with Crippen molar-refractivity contribution < 1.29 is 13.9 Å². The topological polar surface area (TPSA) is 26.3 Å². The summed E-state index contributed by atoms with van der Waals surface area (Å²) < 4.78 is 19.9. The molecule has 1 unspecified atom stereocenters. The van der Waals surface area contributed by atoms with Crippen LogP contribution < -0.4 is 4.74 Å². The SMILES string of the molecule is O=C1CC(Oc2cc(F)cc(Br)c2)C12CCCCC2. The molecule has 2 saturated carbocycles. The lowest BCUT2D eigenvalue weighted by atomic mass is 9.57. The van der Waals surface area contributed by atoms with Crippen LogP contribution in [0.25, 0.3) is 0 Å². The first kappa shape index (κ1) is 13.1. The maximum absolute atomic E-state index is 13.3. The molecule has 0 aromatic heterocycles. The summed E-state index contributed by atoms with van der Waals surface area (Å²) in [6, 6.07) is 4.53. The van der Waals surface area contributed by atoms with Crippen molar-refractivity contribution in [2.75, 3.05) is 0 Å². The number of hydrogen-bond donors (Lipinski definition) is 0. The molecule has 2 aliphatic rings. The molecule has 1 spiro atoms. The molecule has 4 heteroatoms. The van der Waals surface area contributed by atoms with Crippen LogP contribution >= 0.6 is 15.9 Å². The average Bonchev–Trinajstić information content (AvgIpc) is 2.38. The number of carbonyl (C=O) groups excluding carboxylic acids is 1. The van der Waals surface area contributed by atoms with Crippen LogP contribution in [-0.2, 0) is 4.79 Å². The van der Waals surface area contributed by atoms with Gasteiger partial charge in [-0.15, -0.1) is 0 Å². The summed E-state index contributed by atoms with van der Waals surface area (Å²) in [6.45, 7) is 0. The van der Waals surface area contributed by atoms with E-state index in [-0.39, 0.29) is 17.3 Å². The second kappa shape index (κ2) is 4.89. The highest BCUT2D eigenvalue weighted by Gasteiger charge is 2.56. The van der Waals surface area contributed by atoms with E-state index >= 15 is 0 Å². The van der Waals surface area contributed by atoms with Gasteiger partial charge in [0.2, 0.25) is 0 Å². The summed E-state index contributed by atoms with van der Waals surface area (Å²) in [4.78, 5) is 12.0. The Hall–Kier alpha value is -0.900. The first-order valence-electron chi connectivity index (χ1n) is 6.76. The maximum Gasteiger partial charge on any atom is 0.146 e. The molecule has 102 valence electrons. The van der Waals surface area contributed by atoms with Gasteiger partial charge < -0.3 is 4.74 Å². The van der Waals surface area contributed by atoms with E-state index in [0.29, 0.717) is 22.4 Å². The lowest BCUT2D eigenvalue weighted by Gasteiger charge is -2.49. The number of carbonyl (C=O) groups is 1. The number of halogens is 2. The van der Waals surface area contributed by atoms with Crippen LogP contribution in [0.5, 0.6) is 5.75 Å². The molecule has 19 heavy (non-hydrogen) atoms. The van der Waals surface area contributed by atoms with Crippen LogP contribution in [0.4, 0.5) is 4.39 Å². The molecule has 1 aromatic carbocycles. The number of Topliss-reactive ketones (excluding diaryl/α,β-unsaturated/α-hetero) is 1. The number of rotatable bonds is 2. The zero-order valence-electron chi connectivity index (χ0n) is 10.6. The third kappa shape index (κ3) is 2.31. The number of ether oxygens (including phenoxy) is 1. The zero-order chi connectivity index (χ0) is 13.5. The molecular weight excluding hydrogens is 311 g/mol. The summed E-state index contributed by atoms with van der Waals surface area (Å²) >= 11 is 3.26. The predicted octanol–water partition coefficient (Wildman–Crippen LogP) is 4.26. The van der Waals surface area contributed by atoms with Crippen molar-refractivity contribution in [3.8, 4) is 5.75 Å². The Balaban J connectivity index is 1.78. The highest BCUT2D eigenvalue weighted by molar-refractivity contribution is 9.10. The molecule has 1 atom stereocenters. The summed E-state index contributed by atoms with van der Waals surface area (Å²) in [5, 5.41) is 0. The van der Waals surface area contributed by atoms with Crippen LogP contribution in [0, 0.1) is 11.2 Å². The molecule has 3 rings (SSSR count). The fourth-order valence-electron chi connectivity index (χ4n) is 3.31. The molecule has 0 saturated heterocycles. The Morgan fingerprint density at radius 2 is 1.95 bits per heavy atom. The van der Waals surface area contributed by atoms with E-state index < -0.39 is 0 Å². The summed E-state index contributed by atoms with van der Waals surface area (Å²) in [7, 11) is 0. The molecule has 0 bridgehead atoms. The highest BCUT2D eigenvalue weighted by atomic mass is 79.9. The molecule has 2 aliphatic carbocycles. The monoisotopic (exact) mass is 326 g/mol. The van der Waals surface area contributed by atoms with Gasteiger partial charge in [-0.2, -0.15) is 0 Å². The van der Waals surface area contributed by atoms with E-state index in [9.17, 15) is 9.18 Å². The lowest BCUT2D eigenvalue weighted by molar-refractivity contribution is -0.156. The van der Waals surface area contributed by atoms with Crippen molar-refractivity contribution in [2.45, 2.75) is 44.6 Å². The van der Waals surface area contributed by atoms with Gasteiger partial charge in [0.05, 0.1) is 5.41 Å². The van der Waals surface area contributed by atoms with E-state index in [1.807, 2.05) is 0 Å². The van der Waals surface area contributed by atoms with Gasteiger partial charge in [0.1, 0.15) is 23.5 Å². The molecule has 0 N–H and O–H groups in total. The van der Waals surface area contributed by atoms with Crippen molar-refractivity contribution in [3.05, 3.63) is 28.5 Å². The quantitative estimate of drug-likeness (QED) is 0.811. The zero-order valence-corrected chi connectivity index (χ0v) is 12.2. The van der Waals surface area contributed by atoms with Crippen LogP contribution in [0.15, 0.2) is 22.7 Å². The Labute approximate surface area is 120 Å². The average molecular weight is 327 g/mol. The van der Waals surface area contributed by atoms with Crippen LogP contribution in [0.2, 0.25) is 0 Å². The minimum atomic E-state index is -0.326. The van der Waals surface area contributed by atoms with Gasteiger partial charge in [-0.3, -0.25) is 4.79 Å². The molecule has 2 fully saturated rings. The van der Waals surface area contributed by atoms with Crippen LogP contribution in [0.1, 0.15) is 38.5 Å². The normalized spacial score (nSPS) is 25.2. The number of ketones is 1. The maximum atomic E-state index is 13.3. The van der Waals surface area contributed by atoms with Gasteiger partial charge in [0.25, 0.3) is 0 Å². The Kier molecular flexibility index (Phi) is 3.37.